The van der Waals surface area contributed by atoms with E-state index in [1.165, 1.54) is 14.0 Å². The zero-order valence-corrected chi connectivity index (χ0v) is 31.1. The highest BCUT2D eigenvalue weighted by Gasteiger charge is 2.36. The van der Waals surface area contributed by atoms with Crippen molar-refractivity contribution >= 4 is 47.3 Å². The minimum absolute atomic E-state index is 0.0165. The maximum Gasteiger partial charge on any atom is 0.245 e. The Bertz CT molecular complexity index is 1530. The van der Waals surface area contributed by atoms with Gasteiger partial charge in [0.15, 0.2) is 0 Å². The van der Waals surface area contributed by atoms with E-state index in [-0.39, 0.29) is 45.1 Å². The summed E-state index contributed by atoms with van der Waals surface area (Å²) in [7, 11) is 1.39. The van der Waals surface area contributed by atoms with E-state index in [2.05, 4.69) is 47.7 Å². The highest BCUT2D eigenvalue weighted by Crippen LogP contribution is 2.08. The molecule has 1 aliphatic heterocycles. The summed E-state index contributed by atoms with van der Waals surface area (Å²) in [6, 6.07) is -3.18. The number of carbonyl (C=O) groups excluding carboxylic acids is 8. The van der Waals surface area contributed by atoms with Crippen LogP contribution in [0.25, 0.3) is 0 Å². The Kier molecular flexibility index (Phi) is 20.0. The Morgan fingerprint density at radius 1 is 0.857 bits per heavy atom. The largest absolute Gasteiger partial charge is 0.394 e. The molecule has 1 aromatic carbocycles. The first-order valence-electron chi connectivity index (χ1n) is 17.9. The SMILES string of the molecule is CN[C@@H](CO)C(=O)N[C@H]1CCC(=O)NCCCC[C@@H](C(=O)N[C@@H](CO)C(=O)N[C@@H](Cc2ccccc2)C(N)=O)NC(=O)[C@H](CO)NC(=O)[C@H](C(C)N=O)NC1=O. The molecule has 0 bridgehead atoms. The van der Waals surface area contributed by atoms with Crippen molar-refractivity contribution in [2.24, 2.45) is 10.9 Å². The van der Waals surface area contributed by atoms with Gasteiger partial charge in [0.1, 0.15) is 48.3 Å². The topological polar surface area (TPSA) is 349 Å². The standard InChI is InChI=1S/C34H52N10O12/c1-18(44-56)27-34(55)42-25(17-47)32(53)38-20(29(50)41-24(16-46)33(54)40-22(28(35)49)14-19-8-4-3-5-9-19)10-6-7-13-37-26(48)12-11-21(30(51)43-27)39-31(52)23(15-45)36-2/h3-5,8-9,18,20-25,27,36,45-47H,6-7,10-17H2,1-2H3,(H2,35,49)(H,37,48)(H,38,53)(H,39,52)(H,40,54)(H,41,50)(H,42,55)(H,43,51)/t18?,20-,21-,22-,23-,24-,25-,27-/m0/s1. The van der Waals surface area contributed by atoms with Gasteiger partial charge in [-0.3, -0.25) is 38.4 Å². The molecule has 1 saturated heterocycles. The summed E-state index contributed by atoms with van der Waals surface area (Å²) in [5.74, 6) is -7.41. The lowest BCUT2D eigenvalue weighted by Gasteiger charge is -2.28. The van der Waals surface area contributed by atoms with Crippen molar-refractivity contribution in [2.45, 2.75) is 93.8 Å². The fourth-order valence-electron chi connectivity index (χ4n) is 5.44. The number of carbonyl (C=O) groups is 8. The van der Waals surface area contributed by atoms with Gasteiger partial charge in [-0.1, -0.05) is 35.5 Å². The number of rotatable bonds is 15. The van der Waals surface area contributed by atoms with Crippen LogP contribution in [0.2, 0.25) is 0 Å². The van der Waals surface area contributed by atoms with Crippen molar-refractivity contribution in [1.29, 1.82) is 0 Å². The van der Waals surface area contributed by atoms with E-state index < -0.39 is 115 Å². The van der Waals surface area contributed by atoms with Crippen molar-refractivity contribution in [3.63, 3.8) is 0 Å². The second-order valence-corrected chi connectivity index (χ2v) is 13.0. The lowest BCUT2D eigenvalue weighted by atomic mass is 10.0. The zero-order chi connectivity index (χ0) is 41.8. The van der Waals surface area contributed by atoms with Crippen molar-refractivity contribution in [3.05, 3.63) is 40.8 Å². The van der Waals surface area contributed by atoms with E-state index in [0.29, 0.717) is 5.56 Å². The Labute approximate surface area is 322 Å². The van der Waals surface area contributed by atoms with Crippen LogP contribution < -0.4 is 48.3 Å². The molecule has 310 valence electrons. The van der Waals surface area contributed by atoms with Crippen LogP contribution >= 0.6 is 0 Å². The smallest absolute Gasteiger partial charge is 0.245 e. The molecule has 56 heavy (non-hydrogen) atoms. The molecule has 1 unspecified atom stereocenters. The number of nitrogens with zero attached hydrogens (tertiary/aromatic N) is 1. The number of primary amides is 1. The van der Waals surface area contributed by atoms with Crippen LogP contribution in [-0.2, 0) is 44.8 Å². The fourth-order valence-corrected chi connectivity index (χ4v) is 5.44. The van der Waals surface area contributed by atoms with Crippen LogP contribution in [0.15, 0.2) is 35.5 Å². The molecular formula is C34H52N10O12. The Balaban J connectivity index is 2.32. The summed E-state index contributed by atoms with van der Waals surface area (Å²) in [4.78, 5) is 116. The number of hydrogen-bond acceptors (Lipinski definition) is 14. The number of nitrogens with one attached hydrogen (secondary N) is 8. The molecular weight excluding hydrogens is 740 g/mol. The number of benzene rings is 1. The second kappa shape index (κ2) is 24.0. The molecule has 0 saturated carbocycles. The molecule has 2 rings (SSSR count). The highest BCUT2D eigenvalue weighted by atomic mass is 16.3. The minimum Gasteiger partial charge on any atom is -0.394 e. The maximum atomic E-state index is 13.5. The number of hydrogen-bond donors (Lipinski definition) is 12. The number of nitrogens with two attached hydrogens (primary N) is 1. The number of aliphatic hydroxyl groups excluding tert-OH is 3. The first-order valence-corrected chi connectivity index (χ1v) is 17.9. The third-order valence-electron chi connectivity index (χ3n) is 8.82. The third-order valence-corrected chi connectivity index (χ3v) is 8.82. The molecule has 13 N–H and O–H groups in total. The van der Waals surface area contributed by atoms with Gasteiger partial charge in [-0.05, 0) is 45.2 Å². The average Bonchev–Trinajstić information content (AvgIpc) is 3.18. The molecule has 1 fully saturated rings. The first-order chi connectivity index (χ1) is 26.7. The molecule has 0 aromatic heterocycles. The van der Waals surface area contributed by atoms with Crippen molar-refractivity contribution in [3.8, 4) is 0 Å². The summed E-state index contributed by atoms with van der Waals surface area (Å²) >= 11 is 0. The van der Waals surface area contributed by atoms with Crippen LogP contribution in [-0.4, -0.2) is 144 Å². The van der Waals surface area contributed by atoms with E-state index in [1.807, 2.05) is 0 Å². The van der Waals surface area contributed by atoms with Crippen LogP contribution in [0.1, 0.15) is 44.6 Å². The average molecular weight is 793 g/mol. The van der Waals surface area contributed by atoms with E-state index in [1.54, 1.807) is 30.3 Å². The Morgan fingerprint density at radius 3 is 2.12 bits per heavy atom. The summed E-state index contributed by atoms with van der Waals surface area (Å²) < 4.78 is 0. The monoisotopic (exact) mass is 792 g/mol. The fraction of sp³-hybridized carbons (Fsp3) is 0.588. The van der Waals surface area contributed by atoms with Gasteiger partial charge in [-0.2, -0.15) is 4.91 Å². The normalized spacial score (nSPS) is 22.4. The van der Waals surface area contributed by atoms with Gasteiger partial charge in [-0.15, -0.1) is 0 Å². The summed E-state index contributed by atoms with van der Waals surface area (Å²) in [6.45, 7) is -1.33. The molecule has 22 nitrogen and oxygen atoms in total. The molecule has 0 aliphatic carbocycles. The van der Waals surface area contributed by atoms with Crippen molar-refractivity contribution in [2.75, 3.05) is 33.4 Å². The van der Waals surface area contributed by atoms with Crippen LogP contribution in [0.5, 0.6) is 0 Å². The first kappa shape index (κ1) is 46.6. The maximum absolute atomic E-state index is 13.5. The number of nitroso groups, excluding NO2 is 1. The summed E-state index contributed by atoms with van der Waals surface area (Å²) in [5, 5.41) is 51.5. The van der Waals surface area contributed by atoms with E-state index in [0.717, 1.165) is 0 Å². The summed E-state index contributed by atoms with van der Waals surface area (Å²) in [6.07, 6.45) is -0.215. The predicted molar refractivity (Wildman–Crippen MR) is 196 cm³/mol. The molecule has 1 aromatic rings. The van der Waals surface area contributed by atoms with E-state index in [4.69, 9.17) is 5.73 Å². The molecule has 1 heterocycles. The summed E-state index contributed by atoms with van der Waals surface area (Å²) in [5.41, 5.74) is 6.15. The van der Waals surface area contributed by atoms with Gasteiger partial charge in [0.05, 0.1) is 19.8 Å². The van der Waals surface area contributed by atoms with Gasteiger partial charge in [0.25, 0.3) is 0 Å². The Morgan fingerprint density at radius 2 is 1.54 bits per heavy atom. The van der Waals surface area contributed by atoms with Gasteiger partial charge in [0, 0.05) is 19.4 Å². The lowest BCUT2D eigenvalue weighted by molar-refractivity contribution is -0.136. The van der Waals surface area contributed by atoms with Crippen LogP contribution in [0, 0.1) is 4.91 Å². The van der Waals surface area contributed by atoms with Crippen molar-refractivity contribution in [1.82, 2.24) is 42.5 Å². The van der Waals surface area contributed by atoms with Crippen LogP contribution in [0.4, 0.5) is 0 Å². The highest BCUT2D eigenvalue weighted by molar-refractivity contribution is 5.97. The molecule has 8 amide bonds. The molecule has 1 aliphatic rings. The number of amides is 8. The Hall–Kier alpha value is -5.58. The van der Waals surface area contributed by atoms with Crippen LogP contribution in [0.3, 0.4) is 0 Å². The van der Waals surface area contributed by atoms with Gasteiger partial charge in [0.2, 0.25) is 47.3 Å². The zero-order valence-electron chi connectivity index (χ0n) is 31.1. The molecule has 0 radical (unpaired) electrons. The second-order valence-electron chi connectivity index (χ2n) is 13.0. The molecule has 22 heteroatoms. The molecule has 8 atom stereocenters. The quantitative estimate of drug-likeness (QED) is 0.0739. The third kappa shape index (κ3) is 14.9. The number of likely N-dealkylation sites (N-methyl/N-ethyl adjacent to an activating group) is 1. The van der Waals surface area contributed by atoms with Gasteiger partial charge < -0.3 is 63.6 Å². The number of aliphatic hydroxyl groups is 3. The predicted octanol–water partition coefficient (Wildman–Crippen LogP) is -5.58. The molecule has 0 spiro atoms. The van der Waals surface area contributed by atoms with Gasteiger partial charge >= 0.3 is 0 Å². The van der Waals surface area contributed by atoms with E-state index in [9.17, 15) is 58.6 Å². The lowest BCUT2D eigenvalue weighted by Crippen LogP contribution is -2.62. The van der Waals surface area contributed by atoms with Gasteiger partial charge in [-0.25, -0.2) is 0 Å². The minimum atomic E-state index is -1.76. The van der Waals surface area contributed by atoms with E-state index >= 15 is 0 Å². The van der Waals surface area contributed by atoms with Crippen molar-refractivity contribution < 1.29 is 53.7 Å².